The van der Waals surface area contributed by atoms with Gasteiger partial charge in [0.25, 0.3) is 0 Å². The normalized spacial score (nSPS) is 29.2. The summed E-state index contributed by atoms with van der Waals surface area (Å²) < 4.78 is 0. The molecule has 2 rings (SSSR count). The smallest absolute Gasteiger partial charge is 0.303 e. The van der Waals surface area contributed by atoms with E-state index in [-0.39, 0.29) is 24.2 Å². The molecule has 0 aromatic rings. The number of allylic oxidation sites excluding steroid dienone is 2. The zero-order valence-electron chi connectivity index (χ0n) is 15.3. The number of carbonyl (C=O) groups is 2. The summed E-state index contributed by atoms with van der Waals surface area (Å²) in [7, 11) is 0. The van der Waals surface area contributed by atoms with Crippen LogP contribution in [-0.4, -0.2) is 34.7 Å². The average Bonchev–Trinajstić information content (AvgIpc) is 3.18. The molecule has 0 aromatic heterocycles. The van der Waals surface area contributed by atoms with Crippen molar-refractivity contribution >= 4 is 11.9 Å². The minimum atomic E-state index is -0.757. The summed E-state index contributed by atoms with van der Waals surface area (Å²) in [6, 6.07) is 0. The number of carboxylic acids is 1. The number of aliphatic hydroxyl groups excluding tert-OH is 1. The Hall–Kier alpha value is -1.36. The molecule has 0 aliphatic heterocycles. The predicted octanol–water partition coefficient (Wildman–Crippen LogP) is 3.13. The van der Waals surface area contributed by atoms with E-state index >= 15 is 0 Å². The number of aliphatic carboxylic acids is 1. The van der Waals surface area contributed by atoms with Crippen LogP contribution in [0.25, 0.3) is 0 Å². The zero-order chi connectivity index (χ0) is 18.2. The fourth-order valence-electron chi connectivity index (χ4n) is 4.50. The molecule has 0 heterocycles. The van der Waals surface area contributed by atoms with Crippen LogP contribution in [0.4, 0.5) is 0 Å². The van der Waals surface area contributed by atoms with Crippen molar-refractivity contribution in [3.63, 3.8) is 0 Å². The first-order valence-electron chi connectivity index (χ1n) is 9.87. The maximum atomic E-state index is 12.7. The lowest BCUT2D eigenvalue weighted by atomic mass is 9.78. The second kappa shape index (κ2) is 9.95. The number of carboxylic acid groups (broad SMARTS) is 1. The highest BCUT2D eigenvalue weighted by Gasteiger charge is 2.49. The van der Waals surface area contributed by atoms with Crippen LogP contribution in [0.1, 0.15) is 64.7 Å². The minimum absolute atomic E-state index is 0.0212. The van der Waals surface area contributed by atoms with Gasteiger partial charge in [-0.1, -0.05) is 31.9 Å². The molecule has 5 nitrogen and oxygen atoms in total. The van der Waals surface area contributed by atoms with Crippen molar-refractivity contribution in [3.05, 3.63) is 12.2 Å². The summed E-state index contributed by atoms with van der Waals surface area (Å²) in [4.78, 5) is 23.2. The summed E-state index contributed by atoms with van der Waals surface area (Å²) in [5, 5.41) is 21.6. The summed E-state index contributed by atoms with van der Waals surface area (Å²) in [6.45, 7) is 2.44. The Kier molecular flexibility index (Phi) is 7.94. The third-order valence-corrected chi connectivity index (χ3v) is 5.81. The summed E-state index contributed by atoms with van der Waals surface area (Å²) >= 11 is 0. The van der Waals surface area contributed by atoms with E-state index in [1.165, 1.54) is 6.42 Å². The summed E-state index contributed by atoms with van der Waals surface area (Å²) in [5.41, 5.74) is 0. The molecule has 2 aliphatic rings. The van der Waals surface area contributed by atoms with Gasteiger partial charge in [-0.05, 0) is 56.3 Å². The molecule has 2 bridgehead atoms. The number of aliphatic hydroxyl groups is 1. The molecule has 25 heavy (non-hydrogen) atoms. The monoisotopic (exact) mass is 351 g/mol. The van der Waals surface area contributed by atoms with Crippen molar-refractivity contribution in [1.82, 2.24) is 5.32 Å². The van der Waals surface area contributed by atoms with Gasteiger partial charge in [-0.3, -0.25) is 9.59 Å². The van der Waals surface area contributed by atoms with E-state index in [0.29, 0.717) is 24.8 Å². The van der Waals surface area contributed by atoms with Gasteiger partial charge in [0, 0.05) is 18.9 Å². The summed E-state index contributed by atoms with van der Waals surface area (Å²) in [5.74, 6) is 0.673. The quantitative estimate of drug-likeness (QED) is 0.394. The first-order valence-corrected chi connectivity index (χ1v) is 9.87. The average molecular weight is 351 g/mol. The van der Waals surface area contributed by atoms with E-state index < -0.39 is 12.1 Å². The second-order valence-electron chi connectivity index (χ2n) is 7.69. The minimum Gasteiger partial charge on any atom is -0.481 e. The van der Waals surface area contributed by atoms with E-state index in [2.05, 4.69) is 24.4 Å². The van der Waals surface area contributed by atoms with E-state index in [4.69, 9.17) is 5.11 Å². The largest absolute Gasteiger partial charge is 0.481 e. The highest BCUT2D eigenvalue weighted by Crippen LogP contribution is 2.52. The number of unbranched alkanes of at least 4 members (excludes halogenated alkanes) is 2. The van der Waals surface area contributed by atoms with Crippen LogP contribution < -0.4 is 5.32 Å². The van der Waals surface area contributed by atoms with Crippen LogP contribution >= 0.6 is 0 Å². The first-order chi connectivity index (χ1) is 12.0. The second-order valence-corrected chi connectivity index (χ2v) is 7.69. The molecule has 0 saturated heterocycles. The lowest BCUT2D eigenvalue weighted by Crippen LogP contribution is -2.41. The maximum absolute atomic E-state index is 12.7. The fourth-order valence-corrected chi connectivity index (χ4v) is 4.50. The number of nitrogens with one attached hydrogen (secondary N) is 1. The van der Waals surface area contributed by atoms with Gasteiger partial charge in [-0.15, -0.1) is 0 Å². The van der Waals surface area contributed by atoms with E-state index in [9.17, 15) is 14.7 Å². The number of amides is 1. The van der Waals surface area contributed by atoms with E-state index in [1.807, 2.05) is 0 Å². The Morgan fingerprint density at radius 3 is 2.72 bits per heavy atom. The predicted molar refractivity (Wildman–Crippen MR) is 97.0 cm³/mol. The SMILES string of the molecule is CCCCC(O)CNC(=O)C1C2CCC(C2)C1C=CCCCC(=O)O. The molecular weight excluding hydrogens is 318 g/mol. The lowest BCUT2D eigenvalue weighted by Gasteiger charge is -2.28. The topological polar surface area (TPSA) is 86.6 Å². The van der Waals surface area contributed by atoms with Crippen LogP contribution in [0.3, 0.4) is 0 Å². The van der Waals surface area contributed by atoms with Gasteiger partial charge < -0.3 is 15.5 Å². The molecule has 0 radical (unpaired) electrons. The number of fused-ring (bicyclic) bond motifs is 2. The standard InChI is InChI=1S/C20H33NO4/c1-2-3-7-16(22)13-21-20(25)19-15-11-10-14(12-15)17(19)8-5-4-6-9-18(23)24/h5,8,14-17,19,22H,2-4,6-7,9-13H2,1H3,(H,21,25)(H,23,24). The van der Waals surface area contributed by atoms with Gasteiger partial charge in [-0.2, -0.15) is 0 Å². The Labute approximate surface area is 150 Å². The third kappa shape index (κ3) is 5.84. The first kappa shape index (κ1) is 20.0. The Balaban J connectivity index is 1.83. The van der Waals surface area contributed by atoms with Crippen molar-refractivity contribution in [2.24, 2.45) is 23.7 Å². The van der Waals surface area contributed by atoms with Crippen molar-refractivity contribution in [1.29, 1.82) is 0 Å². The number of hydrogen-bond donors (Lipinski definition) is 3. The Bertz CT molecular complexity index is 476. The highest BCUT2D eigenvalue weighted by molar-refractivity contribution is 5.80. The molecule has 142 valence electrons. The van der Waals surface area contributed by atoms with Crippen molar-refractivity contribution in [2.75, 3.05) is 6.54 Å². The molecule has 1 amide bonds. The molecule has 5 heteroatoms. The molecule has 5 atom stereocenters. The molecule has 2 fully saturated rings. The molecule has 0 aromatic carbocycles. The van der Waals surface area contributed by atoms with Gasteiger partial charge in [0.15, 0.2) is 0 Å². The van der Waals surface area contributed by atoms with Gasteiger partial charge in [0.05, 0.1) is 6.10 Å². The number of rotatable bonds is 11. The third-order valence-electron chi connectivity index (χ3n) is 5.81. The molecule has 2 saturated carbocycles. The highest BCUT2D eigenvalue weighted by atomic mass is 16.4. The van der Waals surface area contributed by atoms with Gasteiger partial charge in [-0.25, -0.2) is 0 Å². The fraction of sp³-hybridized carbons (Fsp3) is 0.800. The van der Waals surface area contributed by atoms with Crippen LogP contribution in [0.2, 0.25) is 0 Å². The van der Waals surface area contributed by atoms with Gasteiger partial charge in [0.1, 0.15) is 0 Å². The van der Waals surface area contributed by atoms with Crippen LogP contribution in [0, 0.1) is 23.7 Å². The molecule has 3 N–H and O–H groups in total. The number of hydrogen-bond acceptors (Lipinski definition) is 3. The molecular formula is C20H33NO4. The number of carbonyl (C=O) groups excluding carboxylic acids is 1. The molecule has 2 aliphatic carbocycles. The van der Waals surface area contributed by atoms with E-state index in [1.54, 1.807) is 0 Å². The van der Waals surface area contributed by atoms with E-state index in [0.717, 1.165) is 38.5 Å². The van der Waals surface area contributed by atoms with Crippen LogP contribution in [0.15, 0.2) is 12.2 Å². The zero-order valence-corrected chi connectivity index (χ0v) is 15.3. The van der Waals surface area contributed by atoms with Crippen LogP contribution in [0.5, 0.6) is 0 Å². The molecule has 5 unspecified atom stereocenters. The van der Waals surface area contributed by atoms with Crippen molar-refractivity contribution in [3.8, 4) is 0 Å². The lowest BCUT2D eigenvalue weighted by molar-refractivity contribution is -0.137. The molecule has 0 spiro atoms. The Morgan fingerprint density at radius 1 is 1.24 bits per heavy atom. The van der Waals surface area contributed by atoms with Crippen molar-refractivity contribution < 1.29 is 19.8 Å². The Morgan fingerprint density at radius 2 is 2.00 bits per heavy atom. The van der Waals surface area contributed by atoms with Gasteiger partial charge >= 0.3 is 5.97 Å². The van der Waals surface area contributed by atoms with Crippen LogP contribution in [-0.2, 0) is 9.59 Å². The summed E-state index contributed by atoms with van der Waals surface area (Å²) in [6.07, 6.45) is 11.6. The maximum Gasteiger partial charge on any atom is 0.303 e. The van der Waals surface area contributed by atoms with Crippen molar-refractivity contribution in [2.45, 2.75) is 70.8 Å². The van der Waals surface area contributed by atoms with Gasteiger partial charge in [0.2, 0.25) is 5.91 Å².